The van der Waals surface area contributed by atoms with E-state index in [0.717, 1.165) is 12.8 Å². The third-order valence-electron chi connectivity index (χ3n) is 1.87. The molecule has 1 aliphatic carbocycles. The van der Waals surface area contributed by atoms with E-state index in [1.807, 2.05) is 0 Å². The van der Waals surface area contributed by atoms with Crippen LogP contribution in [0.2, 0.25) is 0 Å². The predicted molar refractivity (Wildman–Crippen MR) is 43.1 cm³/mol. The number of halogens is 1. The van der Waals surface area contributed by atoms with Crippen molar-refractivity contribution in [1.82, 2.24) is 5.32 Å². The molecule has 0 radical (unpaired) electrons. The van der Waals surface area contributed by atoms with E-state index in [1.54, 1.807) is 7.05 Å². The van der Waals surface area contributed by atoms with Crippen molar-refractivity contribution in [2.24, 2.45) is 0 Å². The molecule has 0 saturated heterocycles. The molecule has 0 unspecified atom stereocenters. The fourth-order valence-electron chi connectivity index (χ4n) is 0.920. The predicted octanol–water partition coefficient (Wildman–Crippen LogP) is 0.162. The molecule has 5 heteroatoms. The molecule has 1 N–H and O–H groups in total. The molecule has 0 spiro atoms. The van der Waals surface area contributed by atoms with Crippen LogP contribution in [0.1, 0.15) is 12.8 Å². The average molecular weight is 186 g/mol. The van der Waals surface area contributed by atoms with Gasteiger partial charge in [-0.1, -0.05) is 0 Å². The Bertz CT molecular complexity index is 208. The molecule has 0 aliphatic heterocycles. The normalized spacial score (nSPS) is 21.4. The molecule has 0 atom stereocenters. The van der Waals surface area contributed by atoms with Gasteiger partial charge >= 0.3 is 0 Å². The Kier molecular flexibility index (Phi) is 2.73. The number of hydrogen-bond donors (Lipinski definition) is 1. The fourth-order valence-corrected chi connectivity index (χ4v) is 2.13. The number of hydrogen-bond acceptors (Lipinski definition) is 3. The highest BCUT2D eigenvalue weighted by Gasteiger charge is 2.50. The first-order valence-electron chi connectivity index (χ1n) is 2.90. The van der Waals surface area contributed by atoms with Crippen LogP contribution in [0, 0.1) is 0 Å². The fraction of sp³-hybridized carbons (Fsp3) is 1.00. The van der Waals surface area contributed by atoms with Gasteiger partial charge in [0.2, 0.25) is 0 Å². The maximum Gasteiger partial charge on any atom is 0.166 e. The van der Waals surface area contributed by atoms with Crippen molar-refractivity contribution in [2.45, 2.75) is 17.7 Å². The summed E-state index contributed by atoms with van der Waals surface area (Å²) < 4.78 is 21.8. The SMILES string of the molecule is CNC1(S(C)(=O)=O)CC1.Cl. The topological polar surface area (TPSA) is 46.2 Å². The lowest BCUT2D eigenvalue weighted by Crippen LogP contribution is -2.35. The standard InChI is InChI=1S/C5H11NO2S.ClH/c1-6-5(3-4-5)9(2,7)8;/h6H,3-4H2,1-2H3;1H. The first-order valence-corrected chi connectivity index (χ1v) is 4.79. The van der Waals surface area contributed by atoms with Gasteiger partial charge in [0, 0.05) is 6.26 Å². The lowest BCUT2D eigenvalue weighted by molar-refractivity contribution is 0.567. The Hall–Kier alpha value is 0.200. The van der Waals surface area contributed by atoms with Gasteiger partial charge in [-0.05, 0) is 19.9 Å². The van der Waals surface area contributed by atoms with Crippen LogP contribution >= 0.6 is 12.4 Å². The smallest absolute Gasteiger partial charge is 0.166 e. The van der Waals surface area contributed by atoms with E-state index in [9.17, 15) is 8.42 Å². The molecule has 0 heterocycles. The first kappa shape index (κ1) is 10.2. The molecule has 1 saturated carbocycles. The zero-order valence-electron chi connectivity index (χ0n) is 6.05. The van der Waals surface area contributed by atoms with E-state index < -0.39 is 14.7 Å². The summed E-state index contributed by atoms with van der Waals surface area (Å²) >= 11 is 0. The van der Waals surface area contributed by atoms with Gasteiger partial charge < -0.3 is 5.32 Å². The van der Waals surface area contributed by atoms with Gasteiger partial charge in [0.05, 0.1) is 0 Å². The van der Waals surface area contributed by atoms with Gasteiger partial charge in [-0.25, -0.2) is 8.42 Å². The summed E-state index contributed by atoms with van der Waals surface area (Å²) in [6.07, 6.45) is 2.81. The van der Waals surface area contributed by atoms with Gasteiger partial charge in [-0.15, -0.1) is 12.4 Å². The molecular weight excluding hydrogens is 174 g/mol. The Labute approximate surface area is 67.5 Å². The van der Waals surface area contributed by atoms with E-state index in [0.29, 0.717) is 0 Å². The summed E-state index contributed by atoms with van der Waals surface area (Å²) in [7, 11) is -1.16. The molecule has 0 bridgehead atoms. The van der Waals surface area contributed by atoms with E-state index in [1.165, 1.54) is 6.26 Å². The Morgan fingerprint density at radius 1 is 1.40 bits per heavy atom. The lowest BCUT2D eigenvalue weighted by atomic mass is 10.7. The van der Waals surface area contributed by atoms with Crippen LogP contribution in [0.3, 0.4) is 0 Å². The minimum Gasteiger partial charge on any atom is -0.302 e. The van der Waals surface area contributed by atoms with Crippen LogP contribution in [-0.2, 0) is 9.84 Å². The van der Waals surface area contributed by atoms with Crippen LogP contribution < -0.4 is 5.32 Å². The highest BCUT2D eigenvalue weighted by Crippen LogP contribution is 2.39. The molecule has 0 aromatic carbocycles. The molecule has 0 aromatic heterocycles. The van der Waals surface area contributed by atoms with E-state index in [2.05, 4.69) is 5.32 Å². The summed E-state index contributed by atoms with van der Waals surface area (Å²) in [5.41, 5.74) is 0. The van der Waals surface area contributed by atoms with Gasteiger partial charge in [-0.2, -0.15) is 0 Å². The summed E-state index contributed by atoms with van der Waals surface area (Å²) in [5, 5.41) is 2.80. The third-order valence-corrected chi connectivity index (χ3v) is 3.90. The minimum atomic E-state index is -2.85. The van der Waals surface area contributed by atoms with Gasteiger partial charge in [0.25, 0.3) is 0 Å². The van der Waals surface area contributed by atoms with Gasteiger partial charge in [0.15, 0.2) is 9.84 Å². The van der Waals surface area contributed by atoms with Crippen LogP contribution in [0.15, 0.2) is 0 Å². The van der Waals surface area contributed by atoms with Crippen LogP contribution in [0.4, 0.5) is 0 Å². The van der Waals surface area contributed by atoms with Gasteiger partial charge in [-0.3, -0.25) is 0 Å². The maximum atomic E-state index is 10.9. The number of nitrogens with one attached hydrogen (secondary N) is 1. The molecule has 0 amide bonds. The largest absolute Gasteiger partial charge is 0.302 e. The van der Waals surface area contributed by atoms with Crippen molar-refractivity contribution >= 4 is 22.2 Å². The van der Waals surface area contributed by atoms with E-state index in [4.69, 9.17) is 0 Å². The highest BCUT2D eigenvalue weighted by atomic mass is 35.5. The number of sulfone groups is 1. The zero-order chi connectivity index (χ0) is 7.12. The second kappa shape index (κ2) is 2.68. The molecule has 10 heavy (non-hydrogen) atoms. The lowest BCUT2D eigenvalue weighted by Gasteiger charge is -2.09. The quantitative estimate of drug-likeness (QED) is 0.667. The number of rotatable bonds is 2. The maximum absolute atomic E-state index is 10.9. The summed E-state index contributed by atoms with van der Waals surface area (Å²) in [6, 6.07) is 0. The van der Waals surface area contributed by atoms with Crippen molar-refractivity contribution in [2.75, 3.05) is 13.3 Å². The zero-order valence-corrected chi connectivity index (χ0v) is 7.68. The molecule has 1 fully saturated rings. The Morgan fingerprint density at radius 3 is 1.80 bits per heavy atom. The third kappa shape index (κ3) is 1.44. The second-order valence-corrected chi connectivity index (χ2v) is 4.84. The molecule has 0 aromatic rings. The van der Waals surface area contributed by atoms with E-state index >= 15 is 0 Å². The monoisotopic (exact) mass is 185 g/mol. The molecular formula is C5H12ClNO2S. The summed E-state index contributed by atoms with van der Waals surface area (Å²) in [6.45, 7) is 0. The van der Waals surface area contributed by atoms with Crippen molar-refractivity contribution in [3.05, 3.63) is 0 Å². The van der Waals surface area contributed by atoms with E-state index in [-0.39, 0.29) is 12.4 Å². The Morgan fingerprint density at radius 2 is 1.80 bits per heavy atom. The van der Waals surface area contributed by atoms with Crippen molar-refractivity contribution in [1.29, 1.82) is 0 Å². The van der Waals surface area contributed by atoms with Crippen molar-refractivity contribution in [3.8, 4) is 0 Å². The van der Waals surface area contributed by atoms with Gasteiger partial charge in [0.1, 0.15) is 4.87 Å². The molecule has 1 rings (SSSR count). The minimum absolute atomic E-state index is 0. The second-order valence-electron chi connectivity index (χ2n) is 2.52. The molecule has 62 valence electrons. The van der Waals surface area contributed by atoms with Crippen LogP contribution in [0.25, 0.3) is 0 Å². The summed E-state index contributed by atoms with van der Waals surface area (Å²) in [4.78, 5) is -0.549. The van der Waals surface area contributed by atoms with Crippen LogP contribution in [0.5, 0.6) is 0 Å². The Balaban J connectivity index is 0.000000810. The van der Waals surface area contributed by atoms with Crippen molar-refractivity contribution < 1.29 is 8.42 Å². The van der Waals surface area contributed by atoms with Crippen LogP contribution in [-0.4, -0.2) is 26.6 Å². The summed E-state index contributed by atoms with van der Waals surface area (Å²) in [5.74, 6) is 0. The van der Waals surface area contributed by atoms with Crippen molar-refractivity contribution in [3.63, 3.8) is 0 Å². The molecule has 3 nitrogen and oxygen atoms in total. The average Bonchev–Trinajstić information content (AvgIpc) is 2.40. The highest BCUT2D eigenvalue weighted by molar-refractivity contribution is 7.92. The first-order chi connectivity index (χ1) is 4.02. The molecule has 1 aliphatic rings.